The van der Waals surface area contributed by atoms with Gasteiger partial charge in [-0.3, -0.25) is 0 Å². The first-order chi connectivity index (χ1) is 33.4. The van der Waals surface area contributed by atoms with Gasteiger partial charge in [-0.1, -0.05) is 150 Å². The molecule has 0 fully saturated rings. The van der Waals surface area contributed by atoms with Gasteiger partial charge in [-0.05, 0) is 95.1 Å². The Bertz CT molecular complexity index is 2940. The van der Waals surface area contributed by atoms with Crippen molar-refractivity contribution >= 4 is 116 Å². The summed E-state index contributed by atoms with van der Waals surface area (Å²) in [4.78, 5) is 42.4. The molecule has 0 aliphatic carbocycles. The van der Waals surface area contributed by atoms with Crippen LogP contribution in [0.1, 0.15) is 0 Å². The molecule has 0 radical (unpaired) electrons. The summed E-state index contributed by atoms with van der Waals surface area (Å²) >= 11 is 14.3. The third-order valence-corrected chi connectivity index (χ3v) is 21.5. The van der Waals surface area contributed by atoms with Gasteiger partial charge in [-0.25, -0.2) is 14.6 Å². The van der Waals surface area contributed by atoms with E-state index in [9.17, 15) is 9.59 Å². The van der Waals surface area contributed by atoms with E-state index >= 15 is 0 Å². The van der Waals surface area contributed by atoms with E-state index in [1.807, 2.05) is 65.2 Å². The largest absolute Gasteiger partial charge is 0.461 e. The Morgan fingerprint density at radius 1 is 0.574 bits per heavy atom. The van der Waals surface area contributed by atoms with Crippen LogP contribution < -0.4 is 5.32 Å². The van der Waals surface area contributed by atoms with E-state index in [0.29, 0.717) is 17.3 Å². The molecule has 0 saturated heterocycles. The van der Waals surface area contributed by atoms with Crippen LogP contribution in [-0.4, -0.2) is 54.1 Å². The number of fused-ring (bicyclic) bond motifs is 5. The number of thiazole rings is 1. The first-order valence-electron chi connectivity index (χ1n) is 21.7. The Morgan fingerprint density at radius 3 is 1.62 bits per heavy atom. The fourth-order valence-electron chi connectivity index (χ4n) is 7.50. The second-order valence-corrected chi connectivity index (χ2v) is 24.4. The van der Waals surface area contributed by atoms with Gasteiger partial charge in [0.15, 0.2) is 4.34 Å². The molecule has 2 aliphatic heterocycles. The Labute approximate surface area is 430 Å². The number of thioether (sulfide) groups is 3. The molecule has 3 heterocycles. The van der Waals surface area contributed by atoms with Crippen LogP contribution in [0.4, 0.5) is 4.79 Å². The van der Waals surface area contributed by atoms with Crippen molar-refractivity contribution in [3.63, 3.8) is 0 Å². The fraction of sp³-hybridized carbons (Fsp3) is 0.130. The summed E-state index contributed by atoms with van der Waals surface area (Å²) in [6.07, 6.45) is 0.539. The Kier molecular flexibility index (Phi) is 15.2. The summed E-state index contributed by atoms with van der Waals surface area (Å²) < 4.78 is 13.3. The van der Waals surface area contributed by atoms with Crippen molar-refractivity contribution in [1.82, 2.24) is 10.3 Å². The average Bonchev–Trinajstić information content (AvgIpc) is 3.81. The van der Waals surface area contributed by atoms with Crippen molar-refractivity contribution < 1.29 is 19.1 Å². The maximum atomic E-state index is 13.3. The van der Waals surface area contributed by atoms with Gasteiger partial charge in [0.2, 0.25) is 0 Å². The van der Waals surface area contributed by atoms with Crippen LogP contribution in [0.2, 0.25) is 0 Å². The van der Waals surface area contributed by atoms with E-state index in [-0.39, 0.29) is 19.8 Å². The Balaban J connectivity index is 0.904. The lowest BCUT2D eigenvalue weighted by atomic mass is 9.97. The van der Waals surface area contributed by atoms with Crippen molar-refractivity contribution in [1.29, 1.82) is 0 Å². The summed E-state index contributed by atoms with van der Waals surface area (Å²) in [6, 6.07) is 56.3. The smallest absolute Gasteiger partial charge is 0.407 e. The topological polar surface area (TPSA) is 77.5 Å². The number of para-hydroxylation sites is 1. The van der Waals surface area contributed by atoms with E-state index in [4.69, 9.17) is 14.5 Å². The van der Waals surface area contributed by atoms with Crippen LogP contribution in [0.15, 0.2) is 224 Å². The molecule has 340 valence electrons. The van der Waals surface area contributed by atoms with E-state index in [1.54, 1.807) is 46.6 Å². The van der Waals surface area contributed by atoms with Crippen LogP contribution in [0.3, 0.4) is 0 Å². The van der Waals surface area contributed by atoms with Crippen LogP contribution in [0.25, 0.3) is 32.5 Å². The number of aromatic nitrogens is 1. The predicted molar refractivity (Wildman–Crippen MR) is 288 cm³/mol. The summed E-state index contributed by atoms with van der Waals surface area (Å²) in [5.74, 6) is 1.47. The van der Waals surface area contributed by atoms with Gasteiger partial charge in [-0.2, -0.15) is 0 Å². The molecule has 14 heteroatoms. The molecule has 1 amide bonds. The first-order valence-corrected chi connectivity index (χ1v) is 28.7. The first kappa shape index (κ1) is 47.1. The number of esters is 1. The molecule has 10 rings (SSSR count). The highest BCUT2D eigenvalue weighted by Crippen LogP contribution is 2.53. The number of alkyl carbamates (subject to hydrolysis) is 1. The number of rotatable bonds is 17. The molecule has 68 heavy (non-hydrogen) atoms. The maximum Gasteiger partial charge on any atom is 0.407 e. The van der Waals surface area contributed by atoms with Crippen molar-refractivity contribution in [2.24, 2.45) is 5.41 Å². The number of ether oxygens (including phenoxy) is 2. The monoisotopic (exact) mass is 1040 g/mol. The Morgan fingerprint density at radius 2 is 1.07 bits per heavy atom. The second-order valence-electron chi connectivity index (χ2n) is 15.8. The number of benzene rings is 7. The quantitative estimate of drug-likeness (QED) is 0.0408. The minimum Gasteiger partial charge on any atom is -0.461 e. The Hall–Kier alpha value is -4.64. The molecule has 1 aromatic heterocycles. The molecule has 0 unspecified atom stereocenters. The molecule has 1 N–H and O–H groups in total. The van der Waals surface area contributed by atoms with Gasteiger partial charge in [0.25, 0.3) is 0 Å². The van der Waals surface area contributed by atoms with Crippen molar-refractivity contribution in [3.05, 3.63) is 170 Å². The lowest BCUT2D eigenvalue weighted by Gasteiger charge is -2.32. The van der Waals surface area contributed by atoms with Gasteiger partial charge in [0.1, 0.15) is 13.2 Å². The van der Waals surface area contributed by atoms with Gasteiger partial charge in [0.05, 0.1) is 16.8 Å². The van der Waals surface area contributed by atoms with Crippen molar-refractivity contribution in [2.75, 3.05) is 37.0 Å². The van der Waals surface area contributed by atoms with Crippen LogP contribution in [0, 0.1) is 5.41 Å². The highest BCUT2D eigenvalue weighted by atomic mass is 32.2. The van der Waals surface area contributed by atoms with Gasteiger partial charge in [-0.15, -0.1) is 34.9 Å². The van der Waals surface area contributed by atoms with Crippen LogP contribution in [0.5, 0.6) is 0 Å². The van der Waals surface area contributed by atoms with Gasteiger partial charge >= 0.3 is 12.1 Å². The zero-order valence-corrected chi connectivity index (χ0v) is 42.9. The minimum absolute atomic E-state index is 0.0173. The molecule has 6 nitrogen and oxygen atoms in total. The summed E-state index contributed by atoms with van der Waals surface area (Å²) in [7, 11) is 0. The molecule has 0 atom stereocenters. The number of nitrogens with one attached hydrogen (secondary N) is 1. The van der Waals surface area contributed by atoms with E-state index in [1.165, 1.54) is 61.4 Å². The molecule has 8 aromatic rings. The van der Waals surface area contributed by atoms with E-state index < -0.39 is 17.5 Å². The van der Waals surface area contributed by atoms with Crippen LogP contribution in [-0.2, 0) is 14.3 Å². The average molecular weight is 1040 g/mol. The second kappa shape index (κ2) is 22.0. The molecule has 7 aromatic carbocycles. The number of carbonyl (C=O) groups is 2. The number of hydrogen-bond donors (Lipinski definition) is 1. The van der Waals surface area contributed by atoms with Crippen molar-refractivity contribution in [2.45, 2.75) is 53.3 Å². The molecular formula is C54H42N2O4S8. The zero-order chi connectivity index (χ0) is 46.3. The standard InChI is InChI=1S/C54H42N2O4S8/c1-2-49(57)59-30-29-55-52(58)60-31-54(34-63-53-56-41-13-3-4-14-42(41)68-53,32-61-37-25-21-35(22-26-37)39-11-9-19-47-50(39)66-45-17-7-5-15-43(45)64-47)33-62-38-27-23-36(24-28-38)40-12-10-20-48-51(40)67-46-18-8-6-16-44(46)65-48/h2-28H,1,29-34H2,(H,55,58). The van der Waals surface area contributed by atoms with E-state index in [2.05, 4.69) is 151 Å². The highest BCUT2D eigenvalue weighted by Gasteiger charge is 2.34. The van der Waals surface area contributed by atoms with Crippen LogP contribution >= 0.6 is 93.7 Å². The highest BCUT2D eigenvalue weighted by molar-refractivity contribution is 8.05. The minimum atomic E-state index is -0.563. The summed E-state index contributed by atoms with van der Waals surface area (Å²) in [5.41, 5.74) is 5.28. The predicted octanol–water partition coefficient (Wildman–Crippen LogP) is 16.0. The van der Waals surface area contributed by atoms with Gasteiger partial charge < -0.3 is 14.8 Å². The third-order valence-electron chi connectivity index (χ3n) is 11.0. The maximum absolute atomic E-state index is 13.3. The molecule has 2 aliphatic rings. The summed E-state index contributed by atoms with van der Waals surface area (Å²) in [6.45, 7) is 3.75. The summed E-state index contributed by atoms with van der Waals surface area (Å²) in [5, 5.41) is 2.76. The molecular weight excluding hydrogens is 997 g/mol. The normalized spacial score (nSPS) is 12.6. The third kappa shape index (κ3) is 11.2. The SMILES string of the molecule is C=CC(=O)OCCNC(=O)OCC(CSc1ccc(-c2cccc3c2Sc2ccccc2S3)cc1)(CSc1ccc(-c2cccc3c2Sc2ccccc2S3)cc1)CSc1nc2ccccc2s1. The van der Waals surface area contributed by atoms with Gasteiger partial charge in [0, 0.05) is 77.7 Å². The number of nitrogens with zero attached hydrogens (tertiary/aromatic N) is 1. The zero-order valence-electron chi connectivity index (χ0n) is 36.4. The molecule has 0 spiro atoms. The van der Waals surface area contributed by atoms with E-state index in [0.717, 1.165) is 30.4 Å². The van der Waals surface area contributed by atoms with Crippen molar-refractivity contribution in [3.8, 4) is 22.3 Å². The lowest BCUT2D eigenvalue weighted by molar-refractivity contribution is -0.137. The number of carbonyl (C=O) groups excluding carboxylic acids is 2. The number of hydrogen-bond acceptors (Lipinski definition) is 13. The fourth-order valence-corrected chi connectivity index (χ4v) is 17.1. The molecule has 0 saturated carbocycles. The molecule has 0 bridgehead atoms. The number of amides is 1. The lowest BCUT2D eigenvalue weighted by Crippen LogP contribution is -2.39.